The lowest BCUT2D eigenvalue weighted by Gasteiger charge is -2.31. The molecule has 0 aromatic heterocycles. The van der Waals surface area contributed by atoms with E-state index in [4.69, 9.17) is 0 Å². The molecule has 2 heteroatoms. The van der Waals surface area contributed by atoms with Crippen molar-refractivity contribution in [1.82, 2.24) is 10.6 Å². The minimum absolute atomic E-state index is 0.461. The number of rotatable bonds is 3. The van der Waals surface area contributed by atoms with Crippen LogP contribution in [0.3, 0.4) is 0 Å². The van der Waals surface area contributed by atoms with Crippen LogP contribution in [0.15, 0.2) is 24.3 Å². The first-order valence-corrected chi connectivity index (χ1v) is 5.29. The molecule has 0 radical (unpaired) electrons. The molecule has 0 amide bonds. The van der Waals surface area contributed by atoms with E-state index in [0.717, 1.165) is 13.1 Å². The van der Waals surface area contributed by atoms with Crippen LogP contribution in [0.2, 0.25) is 0 Å². The van der Waals surface area contributed by atoms with E-state index >= 15 is 0 Å². The highest BCUT2D eigenvalue weighted by molar-refractivity contribution is 5.28. The van der Waals surface area contributed by atoms with Gasteiger partial charge in [-0.15, -0.1) is 0 Å². The summed E-state index contributed by atoms with van der Waals surface area (Å²) in [6.07, 6.45) is 0. The van der Waals surface area contributed by atoms with Gasteiger partial charge in [-0.25, -0.2) is 0 Å². The largest absolute Gasteiger partial charge is 0.314 e. The van der Waals surface area contributed by atoms with Crippen molar-refractivity contribution in [3.05, 3.63) is 35.4 Å². The lowest BCUT2D eigenvalue weighted by molar-refractivity contribution is 0.338. The van der Waals surface area contributed by atoms with Gasteiger partial charge in [0.15, 0.2) is 0 Å². The van der Waals surface area contributed by atoms with Gasteiger partial charge < -0.3 is 10.6 Å². The van der Waals surface area contributed by atoms with Crippen molar-refractivity contribution in [2.45, 2.75) is 25.9 Å². The van der Waals surface area contributed by atoms with Crippen LogP contribution in [0.5, 0.6) is 0 Å². The van der Waals surface area contributed by atoms with E-state index in [9.17, 15) is 0 Å². The molecule has 1 aromatic rings. The summed E-state index contributed by atoms with van der Waals surface area (Å²) < 4.78 is 0. The van der Waals surface area contributed by atoms with Gasteiger partial charge in [-0.2, -0.15) is 0 Å². The van der Waals surface area contributed by atoms with Gasteiger partial charge in [0, 0.05) is 25.2 Å². The highest BCUT2D eigenvalue weighted by Crippen LogP contribution is 2.17. The molecule has 0 aliphatic carbocycles. The fraction of sp³-hybridized carbons (Fsp3) is 0.500. The van der Waals surface area contributed by atoms with E-state index < -0.39 is 0 Å². The van der Waals surface area contributed by atoms with Crippen LogP contribution in [-0.2, 0) is 0 Å². The molecule has 2 N–H and O–H groups in total. The Kier molecular flexibility index (Phi) is 2.85. The maximum Gasteiger partial charge on any atom is 0.0322 e. The summed E-state index contributed by atoms with van der Waals surface area (Å²) in [5.41, 5.74) is 2.79. The third kappa shape index (κ3) is 1.97. The van der Waals surface area contributed by atoms with Gasteiger partial charge in [0.05, 0.1) is 0 Å². The predicted octanol–water partition coefficient (Wildman–Crippen LogP) is 1.62. The Labute approximate surface area is 85.7 Å². The fourth-order valence-electron chi connectivity index (χ4n) is 1.92. The highest BCUT2D eigenvalue weighted by Gasteiger charge is 2.19. The van der Waals surface area contributed by atoms with E-state index in [1.165, 1.54) is 11.1 Å². The zero-order chi connectivity index (χ0) is 9.97. The maximum absolute atomic E-state index is 3.61. The standard InChI is InChI=1S/C12H18N2/c1-9-5-3-4-6-12(9)10(2)14-11-7-13-8-11/h3-6,10-11,13-14H,7-8H2,1-2H3/t10-/m0/s1. The van der Waals surface area contributed by atoms with Crippen molar-refractivity contribution in [3.63, 3.8) is 0 Å². The molecule has 1 fully saturated rings. The molecular weight excluding hydrogens is 172 g/mol. The quantitative estimate of drug-likeness (QED) is 0.757. The van der Waals surface area contributed by atoms with Gasteiger partial charge >= 0.3 is 0 Å². The van der Waals surface area contributed by atoms with Crippen molar-refractivity contribution in [3.8, 4) is 0 Å². The molecule has 2 nitrogen and oxygen atoms in total. The molecule has 0 saturated carbocycles. The summed E-state index contributed by atoms with van der Waals surface area (Å²) in [7, 11) is 0. The zero-order valence-electron chi connectivity index (χ0n) is 8.88. The van der Waals surface area contributed by atoms with Crippen molar-refractivity contribution in [1.29, 1.82) is 0 Å². The second-order valence-corrected chi connectivity index (χ2v) is 4.10. The Morgan fingerprint density at radius 2 is 2.07 bits per heavy atom. The van der Waals surface area contributed by atoms with Gasteiger partial charge in [-0.1, -0.05) is 24.3 Å². The van der Waals surface area contributed by atoms with Crippen LogP contribution in [0.1, 0.15) is 24.1 Å². The number of benzene rings is 1. The summed E-state index contributed by atoms with van der Waals surface area (Å²) in [5.74, 6) is 0. The lowest BCUT2D eigenvalue weighted by atomic mass is 10.0. The fourth-order valence-corrected chi connectivity index (χ4v) is 1.92. The monoisotopic (exact) mass is 190 g/mol. The topological polar surface area (TPSA) is 24.1 Å². The van der Waals surface area contributed by atoms with Crippen LogP contribution in [0.25, 0.3) is 0 Å². The molecule has 1 saturated heterocycles. The van der Waals surface area contributed by atoms with Crippen molar-refractivity contribution in [2.75, 3.05) is 13.1 Å². The van der Waals surface area contributed by atoms with E-state index in [2.05, 4.69) is 48.7 Å². The molecule has 1 atom stereocenters. The Morgan fingerprint density at radius 1 is 1.36 bits per heavy atom. The molecule has 0 unspecified atom stereocenters. The van der Waals surface area contributed by atoms with Crippen LogP contribution >= 0.6 is 0 Å². The number of nitrogens with one attached hydrogen (secondary N) is 2. The summed E-state index contributed by atoms with van der Waals surface area (Å²) >= 11 is 0. The number of hydrogen-bond donors (Lipinski definition) is 2. The summed E-state index contributed by atoms with van der Waals surface area (Å²) in [6, 6.07) is 9.70. The summed E-state index contributed by atoms with van der Waals surface area (Å²) in [6.45, 7) is 6.62. The van der Waals surface area contributed by atoms with Gasteiger partial charge in [0.25, 0.3) is 0 Å². The maximum atomic E-state index is 3.61. The lowest BCUT2D eigenvalue weighted by Crippen LogP contribution is -2.55. The Bertz CT molecular complexity index is 305. The number of aryl methyl sites for hydroxylation is 1. The van der Waals surface area contributed by atoms with Gasteiger partial charge in [-0.05, 0) is 25.0 Å². The van der Waals surface area contributed by atoms with Gasteiger partial charge in [0.1, 0.15) is 0 Å². The smallest absolute Gasteiger partial charge is 0.0322 e. The molecule has 76 valence electrons. The second kappa shape index (κ2) is 4.11. The Morgan fingerprint density at radius 3 is 2.64 bits per heavy atom. The normalized spacial score (nSPS) is 19.0. The average Bonchev–Trinajstić information content (AvgIpc) is 2.12. The molecule has 1 aliphatic rings. The second-order valence-electron chi connectivity index (χ2n) is 4.10. The predicted molar refractivity (Wildman–Crippen MR) is 59.4 cm³/mol. The molecule has 1 aromatic carbocycles. The molecule has 0 spiro atoms. The van der Waals surface area contributed by atoms with Crippen molar-refractivity contribution in [2.24, 2.45) is 0 Å². The minimum atomic E-state index is 0.461. The SMILES string of the molecule is Cc1ccccc1[C@H](C)NC1CNC1. The van der Waals surface area contributed by atoms with Crippen LogP contribution in [0, 0.1) is 6.92 Å². The van der Waals surface area contributed by atoms with Gasteiger partial charge in [-0.3, -0.25) is 0 Å². The third-order valence-electron chi connectivity index (χ3n) is 2.92. The van der Waals surface area contributed by atoms with Crippen LogP contribution in [0.4, 0.5) is 0 Å². The Balaban J connectivity index is 2.02. The first kappa shape index (κ1) is 9.69. The summed E-state index contributed by atoms with van der Waals surface area (Å²) in [5, 5.41) is 6.88. The van der Waals surface area contributed by atoms with E-state index in [1.54, 1.807) is 0 Å². The van der Waals surface area contributed by atoms with E-state index in [-0.39, 0.29) is 0 Å². The highest BCUT2D eigenvalue weighted by atomic mass is 15.1. The first-order chi connectivity index (χ1) is 6.77. The molecule has 1 aliphatic heterocycles. The van der Waals surface area contributed by atoms with Crippen LogP contribution < -0.4 is 10.6 Å². The van der Waals surface area contributed by atoms with E-state index in [1.807, 2.05) is 0 Å². The van der Waals surface area contributed by atoms with Gasteiger partial charge in [0.2, 0.25) is 0 Å². The zero-order valence-corrected chi connectivity index (χ0v) is 8.88. The molecule has 0 bridgehead atoms. The molecule has 14 heavy (non-hydrogen) atoms. The minimum Gasteiger partial charge on any atom is -0.314 e. The molecule has 1 heterocycles. The van der Waals surface area contributed by atoms with Crippen LogP contribution in [-0.4, -0.2) is 19.1 Å². The summed E-state index contributed by atoms with van der Waals surface area (Å²) in [4.78, 5) is 0. The van der Waals surface area contributed by atoms with E-state index in [0.29, 0.717) is 12.1 Å². The Hall–Kier alpha value is -0.860. The number of hydrogen-bond acceptors (Lipinski definition) is 2. The first-order valence-electron chi connectivity index (χ1n) is 5.29. The van der Waals surface area contributed by atoms with Crippen molar-refractivity contribution >= 4 is 0 Å². The van der Waals surface area contributed by atoms with Crippen molar-refractivity contribution < 1.29 is 0 Å². The third-order valence-corrected chi connectivity index (χ3v) is 2.92. The average molecular weight is 190 g/mol. The molecular formula is C12H18N2. The molecule has 2 rings (SSSR count).